The molecule has 0 aliphatic carbocycles. The molecule has 8 nitrogen and oxygen atoms in total. The van der Waals surface area contributed by atoms with E-state index in [2.05, 4.69) is 4.98 Å². The zero-order valence-corrected chi connectivity index (χ0v) is 17.6. The first-order valence-corrected chi connectivity index (χ1v) is 12.9. The van der Waals surface area contributed by atoms with Crippen molar-refractivity contribution >= 4 is 29.7 Å². The summed E-state index contributed by atoms with van der Waals surface area (Å²) in [7, 11) is -9.42. The zero-order valence-electron chi connectivity index (χ0n) is 15.2. The van der Waals surface area contributed by atoms with E-state index in [0.29, 0.717) is 5.56 Å². The molecular formula is C16H20N2O6S3. The molecule has 2 rings (SSSR count). The van der Waals surface area contributed by atoms with Crippen LogP contribution in [0.15, 0.2) is 57.4 Å². The zero-order chi connectivity index (χ0) is 20.6. The molecule has 2 aromatic rings. The quantitative estimate of drug-likeness (QED) is 0.674. The van der Waals surface area contributed by atoms with E-state index in [1.54, 1.807) is 19.1 Å². The number of rotatable bonds is 6. The van der Waals surface area contributed by atoms with Crippen LogP contribution in [-0.4, -0.2) is 54.1 Å². The van der Waals surface area contributed by atoms with Crippen molar-refractivity contribution in [1.29, 1.82) is 0 Å². The highest BCUT2D eigenvalue weighted by atomic mass is 32.2. The second-order valence-corrected chi connectivity index (χ2v) is 12.1. The molecule has 0 amide bonds. The maximum Gasteiger partial charge on any atom is 0.244 e. The standard InChI is InChI=1S/C16H20N2O6S3/c1-12(13-5-7-14(8-6-13)25(3,19)20)18(2)27(23,24)15-9-10-16(17-11-15)26(4,21)22/h5-12H,1-4H3/t12-/m1/s1. The van der Waals surface area contributed by atoms with Crippen molar-refractivity contribution < 1.29 is 25.3 Å². The number of hydrogen-bond acceptors (Lipinski definition) is 7. The third-order valence-electron chi connectivity index (χ3n) is 4.10. The third-order valence-corrected chi connectivity index (χ3v) is 8.14. The van der Waals surface area contributed by atoms with Crippen LogP contribution >= 0.6 is 0 Å². The Morgan fingerprint density at radius 1 is 0.815 bits per heavy atom. The minimum atomic E-state index is -3.93. The Kier molecular flexibility index (Phi) is 5.81. The molecule has 0 unspecified atom stereocenters. The van der Waals surface area contributed by atoms with Crippen molar-refractivity contribution in [2.45, 2.75) is 27.8 Å². The summed E-state index contributed by atoms with van der Waals surface area (Å²) >= 11 is 0. The lowest BCUT2D eigenvalue weighted by Gasteiger charge is -2.24. The maximum atomic E-state index is 12.8. The Morgan fingerprint density at radius 2 is 1.33 bits per heavy atom. The maximum absolute atomic E-state index is 12.8. The van der Waals surface area contributed by atoms with Crippen LogP contribution in [-0.2, 0) is 29.7 Å². The van der Waals surface area contributed by atoms with E-state index in [-0.39, 0.29) is 14.8 Å². The van der Waals surface area contributed by atoms with Crippen molar-refractivity contribution in [3.63, 3.8) is 0 Å². The van der Waals surface area contributed by atoms with Crippen molar-refractivity contribution in [2.75, 3.05) is 19.6 Å². The molecule has 1 aromatic heterocycles. The van der Waals surface area contributed by atoms with Crippen LogP contribution in [0, 0.1) is 0 Å². The van der Waals surface area contributed by atoms with Crippen LogP contribution in [0.2, 0.25) is 0 Å². The summed E-state index contributed by atoms with van der Waals surface area (Å²) in [4.78, 5) is 3.71. The number of sulfone groups is 2. The number of nitrogens with zero attached hydrogens (tertiary/aromatic N) is 2. The van der Waals surface area contributed by atoms with Crippen LogP contribution in [0.5, 0.6) is 0 Å². The average molecular weight is 433 g/mol. The molecule has 1 aromatic carbocycles. The number of benzene rings is 1. The summed E-state index contributed by atoms with van der Waals surface area (Å²) < 4.78 is 72.6. The van der Waals surface area contributed by atoms with Gasteiger partial charge >= 0.3 is 0 Å². The van der Waals surface area contributed by atoms with Gasteiger partial charge < -0.3 is 0 Å². The number of sulfonamides is 1. The van der Waals surface area contributed by atoms with E-state index < -0.39 is 35.7 Å². The minimum absolute atomic E-state index is 0.142. The molecule has 0 spiro atoms. The van der Waals surface area contributed by atoms with Crippen molar-refractivity contribution in [2.24, 2.45) is 0 Å². The highest BCUT2D eigenvalue weighted by molar-refractivity contribution is 7.91. The van der Waals surface area contributed by atoms with E-state index in [0.717, 1.165) is 29.1 Å². The van der Waals surface area contributed by atoms with E-state index in [4.69, 9.17) is 0 Å². The van der Waals surface area contributed by atoms with E-state index >= 15 is 0 Å². The van der Waals surface area contributed by atoms with Crippen LogP contribution in [0.4, 0.5) is 0 Å². The Bertz CT molecular complexity index is 1140. The van der Waals surface area contributed by atoms with Crippen molar-refractivity contribution in [3.8, 4) is 0 Å². The summed E-state index contributed by atoms with van der Waals surface area (Å²) in [6, 6.07) is 7.69. The van der Waals surface area contributed by atoms with Gasteiger partial charge in [0.15, 0.2) is 24.7 Å². The van der Waals surface area contributed by atoms with Gasteiger partial charge in [0.2, 0.25) is 10.0 Å². The molecule has 0 saturated carbocycles. The normalized spacial score (nSPS) is 14.3. The van der Waals surface area contributed by atoms with Gasteiger partial charge in [-0.2, -0.15) is 4.31 Å². The molecule has 1 heterocycles. The second-order valence-electron chi connectivity index (χ2n) is 6.14. The van der Waals surface area contributed by atoms with Crippen LogP contribution in [0.1, 0.15) is 18.5 Å². The Hall–Kier alpha value is -1.82. The lowest BCUT2D eigenvalue weighted by molar-refractivity contribution is 0.398. The molecule has 0 aliphatic heterocycles. The van der Waals surface area contributed by atoms with E-state index in [1.165, 1.54) is 25.2 Å². The molecule has 11 heteroatoms. The van der Waals surface area contributed by atoms with Gasteiger partial charge in [-0.3, -0.25) is 0 Å². The predicted octanol–water partition coefficient (Wildman–Crippen LogP) is 1.27. The van der Waals surface area contributed by atoms with Gasteiger partial charge in [-0.05, 0) is 36.8 Å². The van der Waals surface area contributed by atoms with Gasteiger partial charge in [-0.1, -0.05) is 12.1 Å². The summed E-state index contributed by atoms with van der Waals surface area (Å²) in [6.45, 7) is 1.66. The molecule has 0 saturated heterocycles. The Morgan fingerprint density at radius 3 is 1.74 bits per heavy atom. The van der Waals surface area contributed by atoms with Crippen LogP contribution in [0.3, 0.4) is 0 Å². The molecule has 27 heavy (non-hydrogen) atoms. The number of hydrogen-bond donors (Lipinski definition) is 0. The van der Waals surface area contributed by atoms with Crippen LogP contribution < -0.4 is 0 Å². The third kappa shape index (κ3) is 4.72. The second kappa shape index (κ2) is 7.30. The molecule has 0 radical (unpaired) electrons. The smallest absolute Gasteiger partial charge is 0.243 e. The average Bonchev–Trinajstić information content (AvgIpc) is 2.59. The first-order chi connectivity index (χ1) is 12.2. The summed E-state index contributed by atoms with van der Waals surface area (Å²) in [6.07, 6.45) is 3.08. The van der Waals surface area contributed by atoms with Crippen molar-refractivity contribution in [1.82, 2.24) is 9.29 Å². The minimum Gasteiger partial charge on any atom is -0.243 e. The fourth-order valence-electron chi connectivity index (χ4n) is 2.32. The summed E-state index contributed by atoms with van der Waals surface area (Å²) in [5.41, 5.74) is 0.606. The predicted molar refractivity (Wildman–Crippen MR) is 100 cm³/mol. The summed E-state index contributed by atoms with van der Waals surface area (Å²) in [5, 5.41) is -0.214. The molecule has 0 N–H and O–H groups in total. The highest BCUT2D eigenvalue weighted by Crippen LogP contribution is 2.26. The molecule has 0 aliphatic rings. The van der Waals surface area contributed by atoms with Gasteiger partial charge in [-0.15, -0.1) is 0 Å². The van der Waals surface area contributed by atoms with E-state index in [9.17, 15) is 25.3 Å². The number of aromatic nitrogens is 1. The molecule has 148 valence electrons. The van der Waals surface area contributed by atoms with E-state index in [1.807, 2.05) is 0 Å². The number of pyridine rings is 1. The molecule has 0 fully saturated rings. The molecular weight excluding hydrogens is 412 g/mol. The Labute approximate surface area is 159 Å². The lowest BCUT2D eigenvalue weighted by atomic mass is 10.1. The monoisotopic (exact) mass is 432 g/mol. The topological polar surface area (TPSA) is 119 Å². The van der Waals surface area contributed by atoms with Crippen molar-refractivity contribution in [3.05, 3.63) is 48.2 Å². The lowest BCUT2D eigenvalue weighted by Crippen LogP contribution is -2.30. The first kappa shape index (κ1) is 21.5. The fraction of sp³-hybridized carbons (Fsp3) is 0.312. The SMILES string of the molecule is C[C@H](c1ccc(S(C)(=O)=O)cc1)N(C)S(=O)(=O)c1ccc(S(C)(=O)=O)nc1. The Balaban J connectivity index is 2.33. The molecule has 1 atom stereocenters. The van der Waals surface area contributed by atoms with Gasteiger partial charge in [-0.25, -0.2) is 30.2 Å². The van der Waals surface area contributed by atoms with Gasteiger partial charge in [0, 0.05) is 31.8 Å². The molecule has 0 bridgehead atoms. The van der Waals surface area contributed by atoms with Gasteiger partial charge in [0.1, 0.15) is 4.90 Å². The van der Waals surface area contributed by atoms with Crippen LogP contribution in [0.25, 0.3) is 0 Å². The summed E-state index contributed by atoms with van der Waals surface area (Å²) in [5.74, 6) is 0. The largest absolute Gasteiger partial charge is 0.244 e. The van der Waals surface area contributed by atoms with Gasteiger partial charge in [0.25, 0.3) is 0 Å². The first-order valence-electron chi connectivity index (χ1n) is 7.69. The fourth-order valence-corrected chi connectivity index (χ4v) is 4.80. The highest BCUT2D eigenvalue weighted by Gasteiger charge is 2.27. The van der Waals surface area contributed by atoms with Gasteiger partial charge in [0.05, 0.1) is 4.90 Å².